The molecular formula is C16H12N4O6S. The van der Waals surface area contributed by atoms with Crippen LogP contribution in [-0.2, 0) is 10.0 Å². The number of hydrogen-bond donors (Lipinski definition) is 3. The van der Waals surface area contributed by atoms with Crippen molar-refractivity contribution in [2.75, 3.05) is 0 Å². The van der Waals surface area contributed by atoms with Gasteiger partial charge in [-0.2, -0.15) is 5.11 Å². The average molecular weight is 388 g/mol. The normalized spacial score (nSPS) is 11.9. The van der Waals surface area contributed by atoms with Crippen molar-refractivity contribution in [2.45, 2.75) is 4.90 Å². The molecule has 0 radical (unpaired) electrons. The molecule has 0 saturated carbocycles. The lowest BCUT2D eigenvalue weighted by Gasteiger charge is -2.10. The minimum absolute atomic E-state index is 0.0270. The number of nitrogens with two attached hydrogens (primary N) is 1. The van der Waals surface area contributed by atoms with Gasteiger partial charge in [-0.15, -0.1) is 5.11 Å². The summed E-state index contributed by atoms with van der Waals surface area (Å²) in [6.45, 7) is 0. The fourth-order valence-electron chi connectivity index (χ4n) is 2.45. The van der Waals surface area contributed by atoms with E-state index in [1.165, 1.54) is 42.5 Å². The summed E-state index contributed by atoms with van der Waals surface area (Å²) in [4.78, 5) is 9.53. The molecule has 3 aromatic carbocycles. The van der Waals surface area contributed by atoms with E-state index in [1.54, 1.807) is 0 Å². The number of primary sulfonamides is 1. The topological polar surface area (TPSA) is 168 Å². The molecule has 0 fully saturated rings. The number of aromatic hydroxyl groups is 2. The number of fused-ring (bicyclic) bond motifs is 1. The zero-order chi connectivity index (χ0) is 19.8. The molecule has 0 bridgehead atoms. The molecule has 27 heavy (non-hydrogen) atoms. The highest BCUT2D eigenvalue weighted by molar-refractivity contribution is 7.89. The average Bonchev–Trinajstić information content (AvgIpc) is 2.61. The van der Waals surface area contributed by atoms with Gasteiger partial charge in [0.1, 0.15) is 16.4 Å². The van der Waals surface area contributed by atoms with Crippen LogP contribution in [0.4, 0.5) is 17.1 Å². The second kappa shape index (κ2) is 6.63. The molecule has 0 aromatic heterocycles. The van der Waals surface area contributed by atoms with Crippen LogP contribution in [0.1, 0.15) is 0 Å². The molecule has 0 aliphatic carbocycles. The molecule has 0 unspecified atom stereocenters. The molecular weight excluding hydrogens is 376 g/mol. The fraction of sp³-hybridized carbons (Fsp3) is 0. The Morgan fingerprint density at radius 2 is 1.70 bits per heavy atom. The van der Waals surface area contributed by atoms with Crippen LogP contribution in [0, 0.1) is 10.1 Å². The van der Waals surface area contributed by atoms with E-state index < -0.39 is 25.6 Å². The van der Waals surface area contributed by atoms with Crippen molar-refractivity contribution in [3.8, 4) is 11.5 Å². The van der Waals surface area contributed by atoms with Gasteiger partial charge >= 0.3 is 0 Å². The number of nitrogens with zero attached hydrogens (tertiary/aromatic N) is 3. The van der Waals surface area contributed by atoms with Crippen molar-refractivity contribution in [3.05, 3.63) is 58.6 Å². The van der Waals surface area contributed by atoms with Gasteiger partial charge in [0.2, 0.25) is 10.0 Å². The van der Waals surface area contributed by atoms with Gasteiger partial charge in [-0.1, -0.05) is 12.1 Å². The highest BCUT2D eigenvalue weighted by Gasteiger charge is 2.21. The van der Waals surface area contributed by atoms with Crippen LogP contribution < -0.4 is 5.14 Å². The van der Waals surface area contributed by atoms with Gasteiger partial charge in [0, 0.05) is 17.5 Å². The third-order valence-corrected chi connectivity index (χ3v) is 4.62. The third kappa shape index (κ3) is 3.54. The van der Waals surface area contributed by atoms with Crippen LogP contribution in [0.15, 0.2) is 63.7 Å². The first-order valence-corrected chi connectivity index (χ1v) is 8.90. The number of nitro groups is 1. The summed E-state index contributed by atoms with van der Waals surface area (Å²) in [7, 11) is -4.27. The predicted octanol–water partition coefficient (Wildman–Crippen LogP) is 3.22. The number of azo groups is 1. The standard InChI is InChI=1S/C16H12N4O6S/c17-27(25,26)14-8-12(15-11(16(14)22)2-1-3-13(15)21)19-18-9-4-6-10(7-5-9)20(23)24/h1-8,21-22H,(H2,17,25,26). The number of hydrogen-bond acceptors (Lipinski definition) is 8. The summed E-state index contributed by atoms with van der Waals surface area (Å²) >= 11 is 0. The maximum atomic E-state index is 11.7. The maximum absolute atomic E-state index is 11.7. The summed E-state index contributed by atoms with van der Waals surface area (Å²) in [6, 6.07) is 10.3. The molecule has 3 rings (SSSR count). The van der Waals surface area contributed by atoms with Crippen LogP contribution in [0.5, 0.6) is 11.5 Å². The van der Waals surface area contributed by atoms with Crippen molar-refractivity contribution in [2.24, 2.45) is 15.4 Å². The van der Waals surface area contributed by atoms with Gasteiger partial charge in [-0.05, 0) is 24.3 Å². The third-order valence-electron chi connectivity index (χ3n) is 3.70. The Morgan fingerprint density at radius 1 is 1.04 bits per heavy atom. The van der Waals surface area contributed by atoms with Gasteiger partial charge in [-0.25, -0.2) is 13.6 Å². The van der Waals surface area contributed by atoms with E-state index in [0.29, 0.717) is 0 Å². The second-order valence-electron chi connectivity index (χ2n) is 5.46. The van der Waals surface area contributed by atoms with E-state index in [1.807, 2.05) is 0 Å². The number of non-ortho nitro benzene ring substituents is 1. The first kappa shape index (κ1) is 18.2. The molecule has 0 aliphatic heterocycles. The zero-order valence-electron chi connectivity index (χ0n) is 13.5. The molecule has 11 heteroatoms. The lowest BCUT2D eigenvalue weighted by molar-refractivity contribution is -0.384. The SMILES string of the molecule is NS(=O)(=O)c1cc(N=Nc2ccc([N+](=O)[O-])cc2)c2c(O)cccc2c1O. The molecule has 0 atom stereocenters. The first-order chi connectivity index (χ1) is 12.7. The monoisotopic (exact) mass is 388 g/mol. The predicted molar refractivity (Wildman–Crippen MR) is 95.9 cm³/mol. The minimum Gasteiger partial charge on any atom is -0.507 e. The Bertz CT molecular complexity index is 1190. The summed E-state index contributed by atoms with van der Waals surface area (Å²) in [6.07, 6.45) is 0. The Balaban J connectivity index is 2.18. The lowest BCUT2D eigenvalue weighted by Crippen LogP contribution is -2.12. The highest BCUT2D eigenvalue weighted by Crippen LogP contribution is 2.42. The summed E-state index contributed by atoms with van der Waals surface area (Å²) < 4.78 is 23.5. The van der Waals surface area contributed by atoms with Crippen molar-refractivity contribution < 1.29 is 23.6 Å². The fourth-order valence-corrected chi connectivity index (χ4v) is 3.11. The summed E-state index contributed by atoms with van der Waals surface area (Å²) in [5, 5.41) is 44.0. The Labute approximate surface area is 152 Å². The van der Waals surface area contributed by atoms with Gasteiger partial charge < -0.3 is 10.2 Å². The van der Waals surface area contributed by atoms with Gasteiger partial charge in [0.05, 0.1) is 21.7 Å². The maximum Gasteiger partial charge on any atom is 0.269 e. The van der Waals surface area contributed by atoms with Gasteiger partial charge in [-0.3, -0.25) is 10.1 Å². The van der Waals surface area contributed by atoms with Gasteiger partial charge in [0.15, 0.2) is 0 Å². The Hall–Kier alpha value is -3.57. The summed E-state index contributed by atoms with van der Waals surface area (Å²) in [5.41, 5.74) is 0.0795. The molecule has 0 aliphatic rings. The quantitative estimate of drug-likeness (QED) is 0.352. The van der Waals surface area contributed by atoms with Crippen molar-refractivity contribution in [1.82, 2.24) is 0 Å². The van der Waals surface area contributed by atoms with E-state index in [2.05, 4.69) is 10.2 Å². The molecule has 138 valence electrons. The zero-order valence-corrected chi connectivity index (χ0v) is 14.3. The highest BCUT2D eigenvalue weighted by atomic mass is 32.2. The van der Waals surface area contributed by atoms with Crippen LogP contribution in [0.2, 0.25) is 0 Å². The number of phenols is 2. The van der Waals surface area contributed by atoms with E-state index in [-0.39, 0.29) is 33.6 Å². The number of rotatable bonds is 4. The number of phenolic OH excluding ortho intramolecular Hbond substituents is 2. The smallest absolute Gasteiger partial charge is 0.269 e. The van der Waals surface area contributed by atoms with Gasteiger partial charge in [0.25, 0.3) is 5.69 Å². The van der Waals surface area contributed by atoms with E-state index in [4.69, 9.17) is 5.14 Å². The Morgan fingerprint density at radius 3 is 2.30 bits per heavy atom. The van der Waals surface area contributed by atoms with Crippen molar-refractivity contribution in [3.63, 3.8) is 0 Å². The van der Waals surface area contributed by atoms with Crippen molar-refractivity contribution >= 4 is 37.9 Å². The molecule has 0 spiro atoms. The van der Waals surface area contributed by atoms with Crippen LogP contribution >= 0.6 is 0 Å². The van der Waals surface area contributed by atoms with Crippen LogP contribution in [0.3, 0.4) is 0 Å². The molecule has 4 N–H and O–H groups in total. The minimum atomic E-state index is -4.27. The Kier molecular flexibility index (Phi) is 4.47. The largest absolute Gasteiger partial charge is 0.507 e. The van der Waals surface area contributed by atoms with Crippen LogP contribution in [-0.4, -0.2) is 23.6 Å². The van der Waals surface area contributed by atoms with E-state index in [9.17, 15) is 28.7 Å². The van der Waals surface area contributed by atoms with Crippen LogP contribution in [0.25, 0.3) is 10.8 Å². The number of sulfonamides is 1. The number of nitro benzene ring substituents is 1. The molecule has 10 nitrogen and oxygen atoms in total. The van der Waals surface area contributed by atoms with E-state index in [0.717, 1.165) is 6.07 Å². The second-order valence-corrected chi connectivity index (χ2v) is 6.99. The van der Waals surface area contributed by atoms with E-state index >= 15 is 0 Å². The van der Waals surface area contributed by atoms with Crippen molar-refractivity contribution in [1.29, 1.82) is 0 Å². The molecule has 3 aromatic rings. The summed E-state index contributed by atoms with van der Waals surface area (Å²) in [5.74, 6) is -0.862. The first-order valence-electron chi connectivity index (χ1n) is 7.35. The lowest BCUT2D eigenvalue weighted by atomic mass is 10.1. The molecule has 0 heterocycles. The molecule has 0 saturated heterocycles. The number of benzene rings is 3. The molecule has 0 amide bonds.